The number of alkyl carbamates (subject to hydrolysis) is 1. The molecule has 1 aromatic carbocycles. The summed E-state index contributed by atoms with van der Waals surface area (Å²) < 4.78 is 4.99. The molecular formula is C17H25N3O5. The summed E-state index contributed by atoms with van der Waals surface area (Å²) in [7, 11) is 0. The Balaban J connectivity index is 2.36. The summed E-state index contributed by atoms with van der Waals surface area (Å²) in [6.45, 7) is 3.30. The van der Waals surface area contributed by atoms with Gasteiger partial charge in [0.15, 0.2) is 0 Å². The number of rotatable bonds is 9. The maximum atomic E-state index is 11.9. The maximum absolute atomic E-state index is 11.9. The number of hydrogen-bond acceptors (Lipinski definition) is 5. The molecule has 3 amide bonds. The van der Waals surface area contributed by atoms with E-state index in [1.54, 1.807) is 13.8 Å². The predicted molar refractivity (Wildman–Crippen MR) is 91.5 cm³/mol. The molecule has 0 fully saturated rings. The van der Waals surface area contributed by atoms with E-state index in [1.165, 1.54) is 0 Å². The smallest absolute Gasteiger partial charge is 0.407 e. The van der Waals surface area contributed by atoms with E-state index < -0.39 is 18.0 Å². The van der Waals surface area contributed by atoms with Crippen molar-refractivity contribution in [2.75, 3.05) is 19.7 Å². The molecule has 8 heteroatoms. The molecule has 1 unspecified atom stereocenters. The second kappa shape index (κ2) is 11.0. The topological polar surface area (TPSA) is 117 Å². The van der Waals surface area contributed by atoms with Crippen LogP contribution < -0.4 is 16.0 Å². The van der Waals surface area contributed by atoms with Crippen LogP contribution in [0.4, 0.5) is 4.79 Å². The molecule has 0 spiro atoms. The van der Waals surface area contributed by atoms with Crippen molar-refractivity contribution < 1.29 is 24.2 Å². The number of ether oxygens (including phenoxy) is 1. The minimum Gasteiger partial charge on any atom is -0.445 e. The Morgan fingerprint density at radius 1 is 1.12 bits per heavy atom. The predicted octanol–water partition coefficient (Wildman–Crippen LogP) is 0.162. The van der Waals surface area contributed by atoms with Gasteiger partial charge in [-0.05, 0) is 11.5 Å². The molecular weight excluding hydrogens is 326 g/mol. The van der Waals surface area contributed by atoms with E-state index in [0.717, 1.165) is 5.56 Å². The summed E-state index contributed by atoms with van der Waals surface area (Å²) >= 11 is 0. The first kappa shape index (κ1) is 20.4. The van der Waals surface area contributed by atoms with Crippen molar-refractivity contribution in [2.45, 2.75) is 26.5 Å². The summed E-state index contributed by atoms with van der Waals surface area (Å²) in [5, 5.41) is 16.1. The van der Waals surface area contributed by atoms with Gasteiger partial charge in [-0.3, -0.25) is 9.59 Å². The van der Waals surface area contributed by atoms with Crippen molar-refractivity contribution in [1.82, 2.24) is 16.0 Å². The standard InChI is InChI=1S/C17H25N3O5/c1-12(2)15(16(23)18-8-9-21)20-14(22)10-19-17(24)25-11-13-6-4-3-5-7-13/h3-7,12,15,21H,8-11H2,1-2H3,(H,18,23)(H,19,24)(H,20,22). The lowest BCUT2D eigenvalue weighted by Crippen LogP contribution is -2.52. The molecule has 0 heterocycles. The molecule has 138 valence electrons. The monoisotopic (exact) mass is 351 g/mol. The van der Waals surface area contributed by atoms with Gasteiger partial charge in [0.2, 0.25) is 11.8 Å². The molecule has 0 aliphatic rings. The number of nitrogens with one attached hydrogen (secondary N) is 3. The number of hydrogen-bond donors (Lipinski definition) is 4. The van der Waals surface area contributed by atoms with Crippen LogP contribution in [0.3, 0.4) is 0 Å². The Labute approximate surface area is 146 Å². The third-order valence-corrected chi connectivity index (χ3v) is 3.28. The minimum atomic E-state index is -0.749. The number of amides is 3. The molecule has 0 radical (unpaired) electrons. The molecule has 0 aliphatic heterocycles. The van der Waals surface area contributed by atoms with Gasteiger partial charge in [-0.25, -0.2) is 4.79 Å². The third kappa shape index (κ3) is 8.16. The van der Waals surface area contributed by atoms with Gasteiger partial charge in [0.05, 0.1) is 6.61 Å². The van der Waals surface area contributed by atoms with Crippen LogP contribution in [-0.4, -0.2) is 48.8 Å². The van der Waals surface area contributed by atoms with Crippen LogP contribution in [0, 0.1) is 5.92 Å². The van der Waals surface area contributed by atoms with Gasteiger partial charge in [0, 0.05) is 6.54 Å². The van der Waals surface area contributed by atoms with E-state index in [-0.39, 0.29) is 38.1 Å². The van der Waals surface area contributed by atoms with Crippen molar-refractivity contribution >= 4 is 17.9 Å². The Bertz CT molecular complexity index is 563. The van der Waals surface area contributed by atoms with Crippen molar-refractivity contribution in [2.24, 2.45) is 5.92 Å². The molecule has 1 aromatic rings. The fourth-order valence-corrected chi connectivity index (χ4v) is 1.98. The lowest BCUT2D eigenvalue weighted by Gasteiger charge is -2.21. The molecule has 0 bridgehead atoms. The maximum Gasteiger partial charge on any atom is 0.407 e. The third-order valence-electron chi connectivity index (χ3n) is 3.28. The van der Waals surface area contributed by atoms with E-state index in [4.69, 9.17) is 9.84 Å². The van der Waals surface area contributed by atoms with E-state index in [2.05, 4.69) is 16.0 Å². The summed E-state index contributed by atoms with van der Waals surface area (Å²) in [6, 6.07) is 8.41. The number of benzene rings is 1. The largest absolute Gasteiger partial charge is 0.445 e. The molecule has 1 rings (SSSR count). The normalized spacial score (nSPS) is 11.5. The number of carbonyl (C=O) groups excluding carboxylic acids is 3. The van der Waals surface area contributed by atoms with Crippen molar-refractivity contribution in [3.05, 3.63) is 35.9 Å². The summed E-state index contributed by atoms with van der Waals surface area (Å²) in [4.78, 5) is 35.4. The van der Waals surface area contributed by atoms with Crippen molar-refractivity contribution in [3.8, 4) is 0 Å². The fraction of sp³-hybridized carbons (Fsp3) is 0.471. The first-order valence-electron chi connectivity index (χ1n) is 8.06. The zero-order chi connectivity index (χ0) is 18.7. The van der Waals surface area contributed by atoms with E-state index in [9.17, 15) is 14.4 Å². The van der Waals surface area contributed by atoms with E-state index in [1.807, 2.05) is 30.3 Å². The van der Waals surface area contributed by atoms with Gasteiger partial charge in [0.1, 0.15) is 19.2 Å². The lowest BCUT2D eigenvalue weighted by molar-refractivity contribution is -0.129. The lowest BCUT2D eigenvalue weighted by atomic mass is 10.0. The zero-order valence-corrected chi connectivity index (χ0v) is 14.5. The highest BCUT2D eigenvalue weighted by molar-refractivity contribution is 5.89. The van der Waals surface area contributed by atoms with Gasteiger partial charge in [-0.1, -0.05) is 44.2 Å². The molecule has 1 atom stereocenters. The van der Waals surface area contributed by atoms with E-state index in [0.29, 0.717) is 0 Å². The molecule has 0 aliphatic carbocycles. The number of aliphatic hydroxyl groups excluding tert-OH is 1. The first-order valence-corrected chi connectivity index (χ1v) is 8.06. The van der Waals surface area contributed by atoms with Gasteiger partial charge < -0.3 is 25.8 Å². The average molecular weight is 351 g/mol. The van der Waals surface area contributed by atoms with Crippen LogP contribution in [0.1, 0.15) is 19.4 Å². The average Bonchev–Trinajstić information content (AvgIpc) is 2.61. The molecule has 0 aromatic heterocycles. The molecule has 4 N–H and O–H groups in total. The Kier molecular flexibility index (Phi) is 9.02. The molecule has 8 nitrogen and oxygen atoms in total. The molecule has 25 heavy (non-hydrogen) atoms. The Morgan fingerprint density at radius 2 is 1.80 bits per heavy atom. The van der Waals surface area contributed by atoms with Gasteiger partial charge in [-0.15, -0.1) is 0 Å². The first-order chi connectivity index (χ1) is 11.9. The molecule has 0 saturated carbocycles. The van der Waals surface area contributed by atoms with Crippen LogP contribution in [0.15, 0.2) is 30.3 Å². The van der Waals surface area contributed by atoms with Gasteiger partial charge in [-0.2, -0.15) is 0 Å². The van der Waals surface area contributed by atoms with Crippen LogP contribution in [0.5, 0.6) is 0 Å². The van der Waals surface area contributed by atoms with E-state index >= 15 is 0 Å². The van der Waals surface area contributed by atoms with Gasteiger partial charge >= 0.3 is 6.09 Å². The zero-order valence-electron chi connectivity index (χ0n) is 14.5. The Hall–Kier alpha value is -2.61. The van der Waals surface area contributed by atoms with Crippen LogP contribution >= 0.6 is 0 Å². The highest BCUT2D eigenvalue weighted by atomic mass is 16.5. The fourth-order valence-electron chi connectivity index (χ4n) is 1.98. The van der Waals surface area contributed by atoms with Crippen LogP contribution in [0.2, 0.25) is 0 Å². The summed E-state index contributed by atoms with van der Waals surface area (Å²) in [5.41, 5.74) is 0.836. The van der Waals surface area contributed by atoms with Crippen LogP contribution in [-0.2, 0) is 20.9 Å². The highest BCUT2D eigenvalue weighted by Crippen LogP contribution is 2.02. The Morgan fingerprint density at radius 3 is 2.40 bits per heavy atom. The SMILES string of the molecule is CC(C)C(NC(=O)CNC(=O)OCc1ccccc1)C(=O)NCCO. The minimum absolute atomic E-state index is 0.104. The quantitative estimate of drug-likeness (QED) is 0.506. The van der Waals surface area contributed by atoms with Crippen molar-refractivity contribution in [3.63, 3.8) is 0 Å². The van der Waals surface area contributed by atoms with Gasteiger partial charge in [0.25, 0.3) is 0 Å². The number of carbonyl (C=O) groups is 3. The highest BCUT2D eigenvalue weighted by Gasteiger charge is 2.23. The van der Waals surface area contributed by atoms with Crippen molar-refractivity contribution in [1.29, 1.82) is 0 Å². The summed E-state index contributed by atoms with van der Waals surface area (Å²) in [6.07, 6.45) is -0.718. The second-order valence-corrected chi connectivity index (χ2v) is 5.72. The number of aliphatic hydroxyl groups is 1. The molecule has 0 saturated heterocycles. The van der Waals surface area contributed by atoms with Crippen LogP contribution in [0.25, 0.3) is 0 Å². The second-order valence-electron chi connectivity index (χ2n) is 5.72. The summed E-state index contributed by atoms with van der Waals surface area (Å²) in [5.74, 6) is -1.04.